The Balaban J connectivity index is 2.04. The molecule has 17 heavy (non-hydrogen) atoms. The minimum Gasteiger partial charge on any atom is -0.472 e. The van der Waals surface area contributed by atoms with E-state index in [4.69, 9.17) is 4.42 Å². The Labute approximate surface area is 103 Å². The van der Waals surface area contributed by atoms with E-state index in [2.05, 4.69) is 44.3 Å². The molecule has 0 aliphatic heterocycles. The van der Waals surface area contributed by atoms with Crippen LogP contribution >= 0.6 is 0 Å². The second-order valence-corrected chi connectivity index (χ2v) is 4.59. The summed E-state index contributed by atoms with van der Waals surface area (Å²) in [6.45, 7) is 7.32. The van der Waals surface area contributed by atoms with E-state index in [-0.39, 0.29) is 0 Å². The standard InChI is InChI=1S/C15H19NO/c1-11-4-5-12(2)15(8-11)13(3)16-9-14-6-7-17-10-14/h4-8,10,13,16H,9H2,1-3H3. The Morgan fingerprint density at radius 2 is 2.06 bits per heavy atom. The molecule has 0 aliphatic carbocycles. The first-order chi connectivity index (χ1) is 8.16. The fraction of sp³-hybridized carbons (Fsp3) is 0.333. The van der Waals surface area contributed by atoms with Gasteiger partial charge in [-0.2, -0.15) is 0 Å². The van der Waals surface area contributed by atoms with Crippen LogP contribution in [0.15, 0.2) is 41.2 Å². The third-order valence-corrected chi connectivity index (χ3v) is 3.09. The minimum absolute atomic E-state index is 0.352. The lowest BCUT2D eigenvalue weighted by molar-refractivity contribution is 0.546. The van der Waals surface area contributed by atoms with Gasteiger partial charge in [0, 0.05) is 18.2 Å². The molecular formula is C15H19NO. The van der Waals surface area contributed by atoms with Crippen molar-refractivity contribution in [2.24, 2.45) is 0 Å². The number of rotatable bonds is 4. The van der Waals surface area contributed by atoms with Crippen LogP contribution in [0.25, 0.3) is 0 Å². The second kappa shape index (κ2) is 5.19. The van der Waals surface area contributed by atoms with Crippen molar-refractivity contribution in [1.29, 1.82) is 0 Å². The number of benzene rings is 1. The van der Waals surface area contributed by atoms with Crippen molar-refractivity contribution < 1.29 is 4.42 Å². The van der Waals surface area contributed by atoms with Gasteiger partial charge in [-0.15, -0.1) is 0 Å². The van der Waals surface area contributed by atoms with Crippen LogP contribution in [0.1, 0.15) is 35.2 Å². The smallest absolute Gasteiger partial charge is 0.0947 e. The highest BCUT2D eigenvalue weighted by Crippen LogP contribution is 2.19. The number of nitrogens with one attached hydrogen (secondary N) is 1. The van der Waals surface area contributed by atoms with E-state index in [9.17, 15) is 0 Å². The maximum atomic E-state index is 5.06. The van der Waals surface area contributed by atoms with Crippen LogP contribution in [0, 0.1) is 13.8 Å². The molecule has 2 rings (SSSR count). The minimum atomic E-state index is 0.352. The van der Waals surface area contributed by atoms with Gasteiger partial charge in [-0.1, -0.05) is 23.8 Å². The molecule has 1 aromatic heterocycles. The van der Waals surface area contributed by atoms with Crippen LogP contribution in [0.4, 0.5) is 0 Å². The molecule has 2 aromatic rings. The van der Waals surface area contributed by atoms with E-state index in [0.717, 1.165) is 6.54 Å². The van der Waals surface area contributed by atoms with E-state index in [1.54, 1.807) is 12.5 Å². The van der Waals surface area contributed by atoms with Crippen LogP contribution in [0.5, 0.6) is 0 Å². The number of hydrogen-bond donors (Lipinski definition) is 1. The molecule has 0 aliphatic rings. The van der Waals surface area contributed by atoms with Gasteiger partial charge in [0.1, 0.15) is 0 Å². The molecule has 1 atom stereocenters. The number of aryl methyl sites for hydroxylation is 2. The molecule has 1 aromatic carbocycles. The summed E-state index contributed by atoms with van der Waals surface area (Å²) in [6.07, 6.45) is 3.49. The lowest BCUT2D eigenvalue weighted by atomic mass is 10.00. The lowest BCUT2D eigenvalue weighted by Crippen LogP contribution is -2.18. The summed E-state index contributed by atoms with van der Waals surface area (Å²) in [6, 6.07) is 8.93. The molecule has 0 bridgehead atoms. The predicted molar refractivity (Wildman–Crippen MR) is 69.9 cm³/mol. The second-order valence-electron chi connectivity index (χ2n) is 4.59. The first-order valence-corrected chi connectivity index (χ1v) is 5.98. The molecule has 1 N–H and O–H groups in total. The van der Waals surface area contributed by atoms with Crippen LogP contribution < -0.4 is 5.32 Å². The average Bonchev–Trinajstić information content (AvgIpc) is 2.82. The molecular weight excluding hydrogens is 210 g/mol. The van der Waals surface area contributed by atoms with Gasteiger partial charge in [0.2, 0.25) is 0 Å². The first-order valence-electron chi connectivity index (χ1n) is 5.98. The van der Waals surface area contributed by atoms with Crippen molar-refractivity contribution in [3.05, 3.63) is 59.0 Å². The van der Waals surface area contributed by atoms with Crippen LogP contribution in [0.2, 0.25) is 0 Å². The maximum absolute atomic E-state index is 5.06. The highest BCUT2D eigenvalue weighted by molar-refractivity contribution is 5.32. The summed E-state index contributed by atoms with van der Waals surface area (Å²) >= 11 is 0. The normalized spacial score (nSPS) is 12.6. The zero-order valence-corrected chi connectivity index (χ0v) is 10.7. The molecule has 2 heteroatoms. The molecule has 0 spiro atoms. The van der Waals surface area contributed by atoms with Crippen molar-refractivity contribution >= 4 is 0 Å². The lowest BCUT2D eigenvalue weighted by Gasteiger charge is -2.16. The Morgan fingerprint density at radius 1 is 1.24 bits per heavy atom. The molecule has 0 amide bonds. The topological polar surface area (TPSA) is 25.2 Å². The van der Waals surface area contributed by atoms with Crippen LogP contribution in [-0.2, 0) is 6.54 Å². The SMILES string of the molecule is Cc1ccc(C)c(C(C)NCc2ccoc2)c1. The van der Waals surface area contributed by atoms with Gasteiger partial charge in [-0.3, -0.25) is 0 Å². The molecule has 90 valence electrons. The van der Waals surface area contributed by atoms with E-state index < -0.39 is 0 Å². The van der Waals surface area contributed by atoms with Crippen molar-refractivity contribution in [3.63, 3.8) is 0 Å². The van der Waals surface area contributed by atoms with Crippen molar-refractivity contribution in [1.82, 2.24) is 5.32 Å². The van der Waals surface area contributed by atoms with Gasteiger partial charge >= 0.3 is 0 Å². The van der Waals surface area contributed by atoms with Gasteiger partial charge in [0.15, 0.2) is 0 Å². The Morgan fingerprint density at radius 3 is 2.76 bits per heavy atom. The molecule has 2 nitrogen and oxygen atoms in total. The molecule has 1 unspecified atom stereocenters. The molecule has 0 radical (unpaired) electrons. The Kier molecular flexibility index (Phi) is 3.64. The molecule has 0 fully saturated rings. The van der Waals surface area contributed by atoms with E-state index in [1.165, 1.54) is 22.3 Å². The summed E-state index contributed by atoms with van der Waals surface area (Å²) in [5, 5.41) is 3.51. The largest absolute Gasteiger partial charge is 0.472 e. The summed E-state index contributed by atoms with van der Waals surface area (Å²) in [4.78, 5) is 0. The highest BCUT2D eigenvalue weighted by Gasteiger charge is 2.08. The van der Waals surface area contributed by atoms with Crippen molar-refractivity contribution in [2.45, 2.75) is 33.4 Å². The molecule has 0 saturated heterocycles. The van der Waals surface area contributed by atoms with Gasteiger partial charge in [-0.05, 0) is 38.0 Å². The predicted octanol–water partition coefficient (Wildman–Crippen LogP) is 3.75. The Hall–Kier alpha value is -1.54. The number of furan rings is 1. The maximum Gasteiger partial charge on any atom is 0.0947 e. The van der Waals surface area contributed by atoms with Gasteiger partial charge in [0.05, 0.1) is 12.5 Å². The van der Waals surface area contributed by atoms with Crippen LogP contribution in [0.3, 0.4) is 0 Å². The first kappa shape index (κ1) is 11.9. The zero-order valence-electron chi connectivity index (χ0n) is 10.7. The highest BCUT2D eigenvalue weighted by atomic mass is 16.3. The fourth-order valence-electron chi connectivity index (χ4n) is 2.00. The summed E-state index contributed by atoms with van der Waals surface area (Å²) in [5.41, 5.74) is 5.20. The van der Waals surface area contributed by atoms with E-state index >= 15 is 0 Å². The van der Waals surface area contributed by atoms with Gasteiger partial charge < -0.3 is 9.73 Å². The van der Waals surface area contributed by atoms with E-state index in [1.807, 2.05) is 6.07 Å². The van der Waals surface area contributed by atoms with Crippen molar-refractivity contribution in [3.8, 4) is 0 Å². The molecule has 0 saturated carbocycles. The monoisotopic (exact) mass is 229 g/mol. The fourth-order valence-corrected chi connectivity index (χ4v) is 2.00. The van der Waals surface area contributed by atoms with Crippen molar-refractivity contribution in [2.75, 3.05) is 0 Å². The summed E-state index contributed by atoms with van der Waals surface area (Å²) in [5.74, 6) is 0. The zero-order chi connectivity index (χ0) is 12.3. The van der Waals surface area contributed by atoms with E-state index in [0.29, 0.717) is 6.04 Å². The molecule has 1 heterocycles. The third kappa shape index (κ3) is 2.98. The quantitative estimate of drug-likeness (QED) is 0.863. The van der Waals surface area contributed by atoms with Crippen LogP contribution in [-0.4, -0.2) is 0 Å². The Bertz CT molecular complexity index is 474. The third-order valence-electron chi connectivity index (χ3n) is 3.09. The van der Waals surface area contributed by atoms with Gasteiger partial charge in [0.25, 0.3) is 0 Å². The summed E-state index contributed by atoms with van der Waals surface area (Å²) in [7, 11) is 0. The summed E-state index contributed by atoms with van der Waals surface area (Å²) < 4.78 is 5.06. The van der Waals surface area contributed by atoms with Gasteiger partial charge in [-0.25, -0.2) is 0 Å². The average molecular weight is 229 g/mol. The number of hydrogen-bond acceptors (Lipinski definition) is 2.